The summed E-state index contributed by atoms with van der Waals surface area (Å²) in [5.74, 6) is -1.94. The predicted octanol–water partition coefficient (Wildman–Crippen LogP) is 3.26. The molecule has 1 aliphatic rings. The van der Waals surface area contributed by atoms with Crippen molar-refractivity contribution < 1.29 is 29.4 Å². The van der Waals surface area contributed by atoms with Crippen molar-refractivity contribution in [3.8, 4) is 10.4 Å². The van der Waals surface area contributed by atoms with Crippen molar-refractivity contribution in [1.29, 1.82) is 0 Å². The van der Waals surface area contributed by atoms with Crippen molar-refractivity contribution in [1.82, 2.24) is 20.5 Å². The second-order valence-corrected chi connectivity index (χ2v) is 12.3. The van der Waals surface area contributed by atoms with Crippen LogP contribution in [0.5, 0.6) is 0 Å². The number of nitrogens with one attached hydrogen (secondary N) is 2. The number of rotatable bonds is 12. The van der Waals surface area contributed by atoms with Crippen LogP contribution in [0, 0.1) is 12.3 Å². The number of hydrogen-bond acceptors (Lipinski definition) is 7. The fraction of sp³-hybridized carbons (Fsp3) is 0.552. The molecule has 3 atom stereocenters. The van der Waals surface area contributed by atoms with Crippen molar-refractivity contribution in [3.63, 3.8) is 0 Å². The second kappa shape index (κ2) is 13.8. The summed E-state index contributed by atoms with van der Waals surface area (Å²) < 4.78 is 0. The lowest BCUT2D eigenvalue weighted by Gasteiger charge is -2.35. The molecule has 1 aromatic heterocycles. The Hall–Kier alpha value is -3.31. The summed E-state index contributed by atoms with van der Waals surface area (Å²) >= 11 is 1.57. The van der Waals surface area contributed by atoms with Crippen LogP contribution in [0.15, 0.2) is 29.8 Å². The number of carboxylic acid groups (broad SMARTS) is 1. The molecule has 1 saturated heterocycles. The lowest BCUT2D eigenvalue weighted by atomic mass is 9.85. The smallest absolute Gasteiger partial charge is 0.303 e. The number of carbonyl (C=O) groups excluding carboxylic acids is 3. The number of hydrogen-bond donors (Lipinski definition) is 4. The van der Waals surface area contributed by atoms with Crippen molar-refractivity contribution in [2.75, 3.05) is 6.54 Å². The standard InChI is InChI=1S/C29H40N4O6S/c1-18-25(40-17-31-18)20-12-10-19(11-13-20)15-30-27(38)22-14-21(34)16-33(22)28(39)26(29(2,3)4)32-23(35)8-6-5-7-9-24(36)37/h10-13,17,21-22,26,34H,5-9,14-16H2,1-4H3,(H,30,38)(H,32,35)(H,36,37)/t21-,22+,26+/m1/s1. The first-order valence-corrected chi connectivity index (χ1v) is 14.5. The van der Waals surface area contributed by atoms with Gasteiger partial charge in [0.2, 0.25) is 17.7 Å². The van der Waals surface area contributed by atoms with E-state index in [0.717, 1.165) is 21.7 Å². The molecule has 1 fully saturated rings. The Morgan fingerprint density at radius 2 is 1.77 bits per heavy atom. The Morgan fingerprint density at radius 3 is 2.38 bits per heavy atom. The average Bonchev–Trinajstić information content (AvgIpc) is 3.50. The number of thiazole rings is 1. The zero-order valence-corrected chi connectivity index (χ0v) is 24.4. The number of aromatic nitrogens is 1. The Kier molecular flexibility index (Phi) is 10.8. The van der Waals surface area contributed by atoms with Crippen LogP contribution in [0.25, 0.3) is 10.4 Å². The average molecular weight is 573 g/mol. The summed E-state index contributed by atoms with van der Waals surface area (Å²) in [7, 11) is 0. The van der Waals surface area contributed by atoms with Gasteiger partial charge in [0.05, 0.1) is 22.2 Å². The van der Waals surface area contributed by atoms with Crippen LogP contribution in [0.1, 0.15) is 70.6 Å². The molecule has 1 aliphatic heterocycles. The molecule has 0 bridgehead atoms. The third kappa shape index (κ3) is 8.59. The largest absolute Gasteiger partial charge is 0.481 e. The zero-order chi connectivity index (χ0) is 29.4. The van der Waals surface area contributed by atoms with Crippen LogP contribution in [0.2, 0.25) is 0 Å². The summed E-state index contributed by atoms with van der Waals surface area (Å²) in [4.78, 5) is 56.9. The molecule has 218 valence electrons. The topological polar surface area (TPSA) is 149 Å². The molecule has 3 rings (SSSR count). The molecule has 0 unspecified atom stereocenters. The number of aliphatic hydroxyl groups excluding tert-OH is 1. The van der Waals surface area contributed by atoms with Gasteiger partial charge in [0.1, 0.15) is 12.1 Å². The number of benzene rings is 1. The van der Waals surface area contributed by atoms with E-state index >= 15 is 0 Å². The molecule has 10 nitrogen and oxygen atoms in total. The third-order valence-electron chi connectivity index (χ3n) is 7.01. The highest BCUT2D eigenvalue weighted by molar-refractivity contribution is 7.13. The van der Waals surface area contributed by atoms with Crippen molar-refractivity contribution >= 4 is 35.0 Å². The Morgan fingerprint density at radius 1 is 1.10 bits per heavy atom. The van der Waals surface area contributed by atoms with E-state index in [2.05, 4.69) is 15.6 Å². The first kappa shape index (κ1) is 31.2. The number of carboxylic acids is 1. The van der Waals surface area contributed by atoms with Crippen molar-refractivity contribution in [2.45, 2.75) is 91.0 Å². The lowest BCUT2D eigenvalue weighted by Crippen LogP contribution is -2.57. The number of likely N-dealkylation sites (tertiary alicyclic amines) is 1. The lowest BCUT2D eigenvalue weighted by molar-refractivity contribution is -0.144. The van der Waals surface area contributed by atoms with Gasteiger partial charge >= 0.3 is 5.97 Å². The van der Waals surface area contributed by atoms with Gasteiger partial charge in [-0.15, -0.1) is 11.3 Å². The maximum atomic E-state index is 13.6. The summed E-state index contributed by atoms with van der Waals surface area (Å²) in [6, 6.07) is 6.11. The summed E-state index contributed by atoms with van der Waals surface area (Å²) in [6.45, 7) is 7.75. The van der Waals surface area contributed by atoms with Crippen molar-refractivity contribution in [2.24, 2.45) is 5.41 Å². The van der Waals surface area contributed by atoms with Gasteiger partial charge in [-0.05, 0) is 36.3 Å². The molecule has 0 spiro atoms. The molecule has 0 aliphatic carbocycles. The van der Waals surface area contributed by atoms with Gasteiger partial charge in [-0.25, -0.2) is 4.98 Å². The van der Waals surface area contributed by atoms with E-state index in [9.17, 15) is 24.3 Å². The number of aliphatic hydroxyl groups is 1. The van der Waals surface area contributed by atoms with E-state index in [1.54, 1.807) is 11.3 Å². The highest BCUT2D eigenvalue weighted by Crippen LogP contribution is 2.28. The molecule has 0 saturated carbocycles. The molecule has 4 N–H and O–H groups in total. The van der Waals surface area contributed by atoms with Crippen LogP contribution in [-0.4, -0.2) is 68.5 Å². The fourth-order valence-corrected chi connectivity index (χ4v) is 5.56. The monoisotopic (exact) mass is 572 g/mol. The normalized spacial score (nSPS) is 17.9. The highest BCUT2D eigenvalue weighted by Gasteiger charge is 2.44. The number of carbonyl (C=O) groups is 4. The Balaban J connectivity index is 1.60. The van der Waals surface area contributed by atoms with Crippen molar-refractivity contribution in [3.05, 3.63) is 41.0 Å². The molecular formula is C29H40N4O6S. The summed E-state index contributed by atoms with van der Waals surface area (Å²) in [6.07, 6.45) is 1.12. The number of aryl methyl sites for hydroxylation is 1. The molecular weight excluding hydrogens is 532 g/mol. The number of nitrogens with zero attached hydrogens (tertiary/aromatic N) is 2. The molecule has 11 heteroatoms. The first-order valence-electron chi connectivity index (χ1n) is 13.6. The van der Waals surface area contributed by atoms with Gasteiger partial charge in [-0.2, -0.15) is 0 Å². The fourth-order valence-electron chi connectivity index (χ4n) is 4.75. The number of aliphatic carboxylic acids is 1. The van der Waals surface area contributed by atoms with E-state index in [4.69, 9.17) is 5.11 Å². The minimum absolute atomic E-state index is 0.0114. The van der Waals surface area contributed by atoms with Crippen LogP contribution >= 0.6 is 11.3 Å². The molecule has 1 aromatic carbocycles. The van der Waals surface area contributed by atoms with E-state index in [1.165, 1.54) is 4.90 Å². The molecule has 0 radical (unpaired) electrons. The minimum Gasteiger partial charge on any atom is -0.481 e. The summed E-state index contributed by atoms with van der Waals surface area (Å²) in [5, 5.41) is 24.8. The Labute approximate surface area is 239 Å². The third-order valence-corrected chi connectivity index (χ3v) is 7.98. The Bertz CT molecular complexity index is 1190. The maximum absolute atomic E-state index is 13.6. The highest BCUT2D eigenvalue weighted by atomic mass is 32.1. The van der Waals surface area contributed by atoms with Gasteiger partial charge in [-0.1, -0.05) is 51.5 Å². The number of unbranched alkanes of at least 4 members (excludes halogenated alkanes) is 2. The van der Waals surface area contributed by atoms with E-state index in [0.29, 0.717) is 19.3 Å². The minimum atomic E-state index is -0.887. The van der Waals surface area contributed by atoms with Gasteiger partial charge in [-0.3, -0.25) is 19.2 Å². The maximum Gasteiger partial charge on any atom is 0.303 e. The molecule has 2 heterocycles. The van der Waals surface area contributed by atoms with Crippen LogP contribution in [-0.2, 0) is 25.7 Å². The van der Waals surface area contributed by atoms with Gasteiger partial charge in [0.15, 0.2) is 0 Å². The first-order chi connectivity index (χ1) is 18.9. The molecule has 3 amide bonds. The van der Waals surface area contributed by atoms with E-state index in [1.807, 2.05) is 57.5 Å². The second-order valence-electron chi connectivity index (χ2n) is 11.4. The quantitative estimate of drug-likeness (QED) is 0.285. The van der Waals surface area contributed by atoms with Gasteiger partial charge in [0, 0.05) is 32.4 Å². The van der Waals surface area contributed by atoms with E-state index < -0.39 is 35.5 Å². The predicted molar refractivity (Wildman–Crippen MR) is 152 cm³/mol. The van der Waals surface area contributed by atoms with Crippen LogP contribution < -0.4 is 10.6 Å². The van der Waals surface area contributed by atoms with Gasteiger partial charge < -0.3 is 25.7 Å². The SMILES string of the molecule is Cc1ncsc1-c1ccc(CNC(=O)[C@@H]2C[C@@H](O)CN2C(=O)[C@H](NC(=O)CCCCCC(=O)O)C(C)(C)C)cc1. The molecule has 40 heavy (non-hydrogen) atoms. The van der Waals surface area contributed by atoms with E-state index in [-0.39, 0.29) is 44.2 Å². The number of amides is 3. The zero-order valence-electron chi connectivity index (χ0n) is 23.6. The van der Waals surface area contributed by atoms with Crippen LogP contribution in [0.4, 0.5) is 0 Å². The van der Waals surface area contributed by atoms with Gasteiger partial charge in [0.25, 0.3) is 0 Å². The molecule has 2 aromatic rings. The van der Waals surface area contributed by atoms with Crippen LogP contribution in [0.3, 0.4) is 0 Å². The number of β-amino-alcohol motifs (C(OH)–C–C–N with tert-alkyl or cyclic N) is 1. The summed E-state index contributed by atoms with van der Waals surface area (Å²) in [5.41, 5.74) is 4.10.